The highest BCUT2D eigenvalue weighted by Gasteiger charge is 2.21. The largest absolute Gasteiger partial charge is 0.310 e. The van der Waals surface area contributed by atoms with Crippen molar-refractivity contribution in [2.24, 2.45) is 0 Å². The molecule has 0 aromatic heterocycles. The van der Waals surface area contributed by atoms with Gasteiger partial charge in [-0.3, -0.25) is 0 Å². The lowest BCUT2D eigenvalue weighted by Crippen LogP contribution is -2.32. The summed E-state index contributed by atoms with van der Waals surface area (Å²) in [6.45, 7) is 1.00. The Balaban J connectivity index is 0.00000161. The number of hydrogen-bond donors (Lipinski definition) is 1. The van der Waals surface area contributed by atoms with E-state index in [0.717, 1.165) is 12.5 Å². The summed E-state index contributed by atoms with van der Waals surface area (Å²) in [7, 11) is 0. The summed E-state index contributed by atoms with van der Waals surface area (Å²) in [4.78, 5) is 0. The Hall–Kier alpha value is -1.31. The molecule has 1 fully saturated rings. The molecule has 0 bridgehead atoms. The van der Waals surface area contributed by atoms with Crippen LogP contribution in [0.3, 0.4) is 0 Å². The minimum absolute atomic E-state index is 0. The van der Waals surface area contributed by atoms with E-state index in [-0.39, 0.29) is 12.4 Å². The van der Waals surface area contributed by atoms with Crippen molar-refractivity contribution in [1.29, 1.82) is 0 Å². The van der Waals surface area contributed by atoms with Crippen LogP contribution < -0.4 is 5.32 Å². The third-order valence-corrected chi connectivity index (χ3v) is 4.44. The normalized spacial score (nSPS) is 21.5. The quantitative estimate of drug-likeness (QED) is 0.845. The average molecular weight is 302 g/mol. The fourth-order valence-corrected chi connectivity index (χ4v) is 3.21. The van der Waals surface area contributed by atoms with Gasteiger partial charge >= 0.3 is 0 Å². The molecule has 0 amide bonds. The maximum atomic E-state index is 3.71. The molecule has 0 radical (unpaired) electrons. The van der Waals surface area contributed by atoms with E-state index in [0.29, 0.717) is 6.04 Å². The topological polar surface area (TPSA) is 12.0 Å². The highest BCUT2D eigenvalue weighted by Crippen LogP contribution is 2.32. The van der Waals surface area contributed by atoms with E-state index in [1.165, 1.54) is 36.8 Å². The Morgan fingerprint density at radius 1 is 0.762 bits per heavy atom. The molecule has 0 heterocycles. The summed E-state index contributed by atoms with van der Waals surface area (Å²) in [6, 6.07) is 22.4. The fraction of sp³-hybridized carbons (Fsp3) is 0.368. The molecule has 1 aliphatic carbocycles. The van der Waals surface area contributed by atoms with Gasteiger partial charge in [0.25, 0.3) is 0 Å². The molecule has 2 aromatic carbocycles. The second-order valence-corrected chi connectivity index (χ2v) is 5.83. The molecule has 0 saturated heterocycles. The van der Waals surface area contributed by atoms with Crippen molar-refractivity contribution in [3.05, 3.63) is 71.8 Å². The molecule has 0 aliphatic heterocycles. The standard InChI is InChI=1S/C19H23N.ClH/c1-3-7-16(8-4-1)15-20-19-13-11-18(12-14-19)17-9-5-2-6-10-17;/h1-10,18-20H,11-15H2;1H/t18-,19-;. The van der Waals surface area contributed by atoms with Crippen LogP contribution in [0.4, 0.5) is 0 Å². The summed E-state index contributed by atoms with van der Waals surface area (Å²) >= 11 is 0. The van der Waals surface area contributed by atoms with Crippen molar-refractivity contribution in [3.8, 4) is 0 Å². The first kappa shape index (κ1) is 16.1. The van der Waals surface area contributed by atoms with Crippen molar-refractivity contribution < 1.29 is 0 Å². The SMILES string of the molecule is Cl.c1ccc(CN[C@H]2CC[C@H](c3ccccc3)CC2)cc1. The van der Waals surface area contributed by atoms with Gasteiger partial charge in [-0.15, -0.1) is 12.4 Å². The zero-order valence-electron chi connectivity index (χ0n) is 12.4. The monoisotopic (exact) mass is 301 g/mol. The van der Waals surface area contributed by atoms with Crippen LogP contribution >= 0.6 is 12.4 Å². The second-order valence-electron chi connectivity index (χ2n) is 5.83. The lowest BCUT2D eigenvalue weighted by atomic mass is 9.82. The lowest BCUT2D eigenvalue weighted by Gasteiger charge is -2.29. The van der Waals surface area contributed by atoms with Gasteiger partial charge in [-0.25, -0.2) is 0 Å². The van der Waals surface area contributed by atoms with E-state index in [4.69, 9.17) is 0 Å². The van der Waals surface area contributed by atoms with E-state index in [2.05, 4.69) is 66.0 Å². The van der Waals surface area contributed by atoms with E-state index in [9.17, 15) is 0 Å². The van der Waals surface area contributed by atoms with E-state index in [1.807, 2.05) is 0 Å². The number of benzene rings is 2. The molecule has 112 valence electrons. The maximum Gasteiger partial charge on any atom is 0.0208 e. The van der Waals surface area contributed by atoms with Crippen molar-refractivity contribution in [1.82, 2.24) is 5.32 Å². The van der Waals surface area contributed by atoms with Gasteiger partial charge in [0.15, 0.2) is 0 Å². The Morgan fingerprint density at radius 3 is 1.95 bits per heavy atom. The van der Waals surface area contributed by atoms with E-state index < -0.39 is 0 Å². The lowest BCUT2D eigenvalue weighted by molar-refractivity contribution is 0.341. The van der Waals surface area contributed by atoms with Gasteiger partial charge < -0.3 is 5.32 Å². The van der Waals surface area contributed by atoms with Crippen LogP contribution in [0.2, 0.25) is 0 Å². The Morgan fingerprint density at radius 2 is 1.33 bits per heavy atom. The van der Waals surface area contributed by atoms with E-state index in [1.54, 1.807) is 0 Å². The van der Waals surface area contributed by atoms with Crippen LogP contribution in [0, 0.1) is 0 Å². The van der Waals surface area contributed by atoms with Gasteiger partial charge in [0.05, 0.1) is 0 Å². The molecule has 1 aliphatic rings. The van der Waals surface area contributed by atoms with Crippen LogP contribution in [-0.2, 0) is 6.54 Å². The first-order chi connectivity index (χ1) is 9.92. The number of nitrogens with one attached hydrogen (secondary N) is 1. The van der Waals surface area contributed by atoms with Gasteiger partial charge in [0, 0.05) is 12.6 Å². The van der Waals surface area contributed by atoms with Gasteiger partial charge in [0.1, 0.15) is 0 Å². The van der Waals surface area contributed by atoms with Crippen molar-refractivity contribution in [2.75, 3.05) is 0 Å². The molecule has 0 unspecified atom stereocenters. The highest BCUT2D eigenvalue weighted by molar-refractivity contribution is 5.85. The van der Waals surface area contributed by atoms with Crippen molar-refractivity contribution in [2.45, 2.75) is 44.2 Å². The van der Waals surface area contributed by atoms with Crippen molar-refractivity contribution in [3.63, 3.8) is 0 Å². The van der Waals surface area contributed by atoms with Crippen molar-refractivity contribution >= 4 is 12.4 Å². The zero-order chi connectivity index (χ0) is 13.6. The van der Waals surface area contributed by atoms with Crippen LogP contribution in [0.5, 0.6) is 0 Å². The number of halogens is 1. The molecule has 1 N–H and O–H groups in total. The summed E-state index contributed by atoms with van der Waals surface area (Å²) in [5, 5.41) is 3.71. The van der Waals surface area contributed by atoms with Gasteiger partial charge in [-0.05, 0) is 42.7 Å². The minimum Gasteiger partial charge on any atom is -0.310 e. The molecule has 3 rings (SSSR count). The third kappa shape index (κ3) is 4.59. The molecule has 2 heteroatoms. The van der Waals surface area contributed by atoms with Gasteiger partial charge in [-0.1, -0.05) is 60.7 Å². The Kier molecular flexibility index (Phi) is 6.28. The predicted molar refractivity (Wildman–Crippen MR) is 92.0 cm³/mol. The zero-order valence-corrected chi connectivity index (χ0v) is 13.2. The molecule has 21 heavy (non-hydrogen) atoms. The maximum absolute atomic E-state index is 3.71. The first-order valence-corrected chi connectivity index (χ1v) is 7.74. The molecule has 0 spiro atoms. The molecule has 1 nitrogen and oxygen atoms in total. The molecule has 2 aromatic rings. The summed E-state index contributed by atoms with van der Waals surface area (Å²) in [6.07, 6.45) is 5.23. The van der Waals surface area contributed by atoms with Crippen LogP contribution in [-0.4, -0.2) is 6.04 Å². The molecular weight excluding hydrogens is 278 g/mol. The second kappa shape index (κ2) is 8.21. The third-order valence-electron chi connectivity index (χ3n) is 4.44. The summed E-state index contributed by atoms with van der Waals surface area (Å²) < 4.78 is 0. The van der Waals surface area contributed by atoms with E-state index >= 15 is 0 Å². The Labute approximate surface area is 134 Å². The molecule has 1 saturated carbocycles. The summed E-state index contributed by atoms with van der Waals surface area (Å²) in [5.74, 6) is 0.769. The first-order valence-electron chi connectivity index (χ1n) is 7.74. The van der Waals surface area contributed by atoms with Crippen LogP contribution in [0.1, 0.15) is 42.7 Å². The minimum atomic E-state index is 0. The van der Waals surface area contributed by atoms with Crippen LogP contribution in [0.25, 0.3) is 0 Å². The fourth-order valence-electron chi connectivity index (χ4n) is 3.21. The predicted octanol–water partition coefficient (Wildman–Crippen LogP) is 4.92. The van der Waals surface area contributed by atoms with Gasteiger partial charge in [0.2, 0.25) is 0 Å². The smallest absolute Gasteiger partial charge is 0.0208 e. The van der Waals surface area contributed by atoms with Crippen LogP contribution in [0.15, 0.2) is 60.7 Å². The number of hydrogen-bond acceptors (Lipinski definition) is 1. The molecule has 0 atom stereocenters. The summed E-state index contributed by atoms with van der Waals surface area (Å²) in [5.41, 5.74) is 2.91. The Bertz CT molecular complexity index is 504. The molecular formula is C19H24ClN. The number of rotatable bonds is 4. The van der Waals surface area contributed by atoms with Gasteiger partial charge in [-0.2, -0.15) is 0 Å². The average Bonchev–Trinajstić information content (AvgIpc) is 2.55. The highest BCUT2D eigenvalue weighted by atomic mass is 35.5.